The molecule has 8 heteroatoms. The number of amides is 2. The Morgan fingerprint density at radius 2 is 2.00 bits per heavy atom. The number of carboxylic acids is 1. The summed E-state index contributed by atoms with van der Waals surface area (Å²) in [6, 6.07) is 12.2. The fourth-order valence-electron chi connectivity index (χ4n) is 3.45. The van der Waals surface area contributed by atoms with Gasteiger partial charge in [0.1, 0.15) is 17.1 Å². The largest absolute Gasteiger partial charge is 0.477 e. The molecule has 1 aromatic heterocycles. The van der Waals surface area contributed by atoms with Gasteiger partial charge in [-0.2, -0.15) is 0 Å². The summed E-state index contributed by atoms with van der Waals surface area (Å²) in [4.78, 5) is 42.2. The molecule has 2 amide bonds. The Kier molecular flexibility index (Phi) is 5.67. The van der Waals surface area contributed by atoms with Crippen LogP contribution in [0.1, 0.15) is 11.1 Å². The van der Waals surface area contributed by atoms with E-state index < -0.39 is 23.3 Å². The third kappa shape index (κ3) is 3.99. The maximum Gasteiger partial charge on any atom is 0.352 e. The minimum atomic E-state index is -1.16. The first kappa shape index (κ1) is 19.9. The first-order chi connectivity index (χ1) is 14.5. The number of aromatic nitrogens is 1. The lowest BCUT2D eigenvalue weighted by molar-refractivity contribution is -0.150. The van der Waals surface area contributed by atoms with Crippen LogP contribution in [0.5, 0.6) is 0 Å². The number of nitrogens with one attached hydrogen (secondary N) is 1. The van der Waals surface area contributed by atoms with E-state index in [-0.39, 0.29) is 18.0 Å². The molecule has 4 rings (SSSR count). The summed E-state index contributed by atoms with van der Waals surface area (Å²) >= 11 is 1.44. The van der Waals surface area contributed by atoms with Crippen LogP contribution >= 0.6 is 11.8 Å². The molecular formula is C22H19N3O4S. The maximum absolute atomic E-state index is 12.7. The number of benzene rings is 1. The van der Waals surface area contributed by atoms with Crippen LogP contribution in [0, 0.1) is 0 Å². The minimum absolute atomic E-state index is 0.0301. The van der Waals surface area contributed by atoms with Gasteiger partial charge in [0.25, 0.3) is 5.91 Å². The number of carbonyl (C=O) groups excluding carboxylic acids is 2. The maximum atomic E-state index is 12.7. The Morgan fingerprint density at radius 3 is 2.70 bits per heavy atom. The topological polar surface area (TPSA) is 99.6 Å². The Balaban J connectivity index is 1.48. The summed E-state index contributed by atoms with van der Waals surface area (Å²) in [5.74, 6) is -1.40. The second-order valence-corrected chi connectivity index (χ2v) is 8.02. The second kappa shape index (κ2) is 8.54. The smallest absolute Gasteiger partial charge is 0.352 e. The third-order valence-electron chi connectivity index (χ3n) is 4.89. The number of carboxylic acid groups (broad SMARTS) is 1. The lowest BCUT2D eigenvalue weighted by Gasteiger charge is -2.49. The molecular weight excluding hydrogens is 402 g/mol. The fourth-order valence-corrected chi connectivity index (χ4v) is 4.77. The molecule has 0 saturated carbocycles. The Hall–Kier alpha value is -3.39. The molecule has 30 heavy (non-hydrogen) atoms. The van der Waals surface area contributed by atoms with Crippen molar-refractivity contribution in [3.05, 3.63) is 83.3 Å². The van der Waals surface area contributed by atoms with Crippen LogP contribution in [0.2, 0.25) is 0 Å². The minimum Gasteiger partial charge on any atom is -0.477 e. The van der Waals surface area contributed by atoms with Gasteiger partial charge in [0.2, 0.25) is 5.91 Å². The van der Waals surface area contributed by atoms with E-state index in [0.29, 0.717) is 11.3 Å². The van der Waals surface area contributed by atoms with Crippen LogP contribution in [0.4, 0.5) is 0 Å². The molecule has 1 unspecified atom stereocenters. The van der Waals surface area contributed by atoms with Gasteiger partial charge in [-0.25, -0.2) is 4.79 Å². The van der Waals surface area contributed by atoms with Crippen molar-refractivity contribution in [1.82, 2.24) is 15.2 Å². The van der Waals surface area contributed by atoms with E-state index in [2.05, 4.69) is 10.3 Å². The number of pyridine rings is 1. The molecule has 2 aliphatic rings. The summed E-state index contributed by atoms with van der Waals surface area (Å²) in [5, 5.41) is 12.0. The Labute approximate surface area is 177 Å². The van der Waals surface area contributed by atoms with Crippen molar-refractivity contribution in [1.29, 1.82) is 0 Å². The summed E-state index contributed by atoms with van der Waals surface area (Å²) < 4.78 is 0. The van der Waals surface area contributed by atoms with Gasteiger partial charge in [-0.05, 0) is 22.8 Å². The number of rotatable bonds is 6. The van der Waals surface area contributed by atoms with Crippen LogP contribution in [0.25, 0.3) is 6.08 Å². The van der Waals surface area contributed by atoms with E-state index >= 15 is 0 Å². The highest BCUT2D eigenvalue weighted by Gasteiger charge is 2.53. The van der Waals surface area contributed by atoms with Gasteiger partial charge in [-0.15, -0.1) is 11.8 Å². The molecule has 0 radical (unpaired) electrons. The van der Waals surface area contributed by atoms with Gasteiger partial charge in [0.05, 0.1) is 6.42 Å². The lowest BCUT2D eigenvalue weighted by Crippen LogP contribution is -2.70. The quantitative estimate of drug-likeness (QED) is 0.693. The number of hydrogen-bond donors (Lipinski definition) is 2. The Morgan fingerprint density at radius 1 is 1.20 bits per heavy atom. The van der Waals surface area contributed by atoms with Crippen molar-refractivity contribution in [3.8, 4) is 0 Å². The zero-order valence-electron chi connectivity index (χ0n) is 15.9. The van der Waals surface area contributed by atoms with Crippen molar-refractivity contribution in [3.63, 3.8) is 0 Å². The molecule has 1 saturated heterocycles. The number of fused-ring (bicyclic) bond motifs is 1. The molecule has 1 aromatic carbocycles. The highest BCUT2D eigenvalue weighted by Crippen LogP contribution is 2.40. The normalized spacial score (nSPS) is 20.7. The number of hydrogen-bond acceptors (Lipinski definition) is 5. The third-order valence-corrected chi connectivity index (χ3v) is 6.19. The number of aliphatic carboxylic acids is 1. The zero-order valence-corrected chi connectivity index (χ0v) is 16.7. The predicted octanol–water partition coefficient (Wildman–Crippen LogP) is 2.08. The summed E-state index contributed by atoms with van der Waals surface area (Å²) in [6.45, 7) is 0. The van der Waals surface area contributed by atoms with Crippen molar-refractivity contribution in [2.75, 3.05) is 5.75 Å². The summed E-state index contributed by atoms with van der Waals surface area (Å²) in [7, 11) is 0. The number of carbonyl (C=O) groups is 3. The van der Waals surface area contributed by atoms with E-state index in [1.165, 1.54) is 16.7 Å². The van der Waals surface area contributed by atoms with E-state index in [0.717, 1.165) is 11.1 Å². The average Bonchev–Trinajstić information content (AvgIpc) is 2.76. The molecule has 2 aromatic rings. The molecule has 0 spiro atoms. The van der Waals surface area contributed by atoms with E-state index in [9.17, 15) is 19.5 Å². The number of β-lactam (4-membered cyclic amide) rings is 1. The molecule has 7 nitrogen and oxygen atoms in total. The molecule has 1 fully saturated rings. The highest BCUT2D eigenvalue weighted by molar-refractivity contribution is 8.00. The van der Waals surface area contributed by atoms with Gasteiger partial charge in [0.15, 0.2) is 0 Å². The van der Waals surface area contributed by atoms with Crippen LogP contribution in [0.3, 0.4) is 0 Å². The molecule has 0 aliphatic carbocycles. The van der Waals surface area contributed by atoms with Crippen LogP contribution in [0.15, 0.2) is 72.2 Å². The molecule has 152 valence electrons. The van der Waals surface area contributed by atoms with Gasteiger partial charge >= 0.3 is 5.97 Å². The van der Waals surface area contributed by atoms with E-state index in [4.69, 9.17) is 0 Å². The van der Waals surface area contributed by atoms with Gasteiger partial charge < -0.3 is 10.4 Å². The standard InChI is InChI=1S/C22H19N3O4S/c26-17(11-14-5-2-1-3-6-14)24-18-20(27)25-19(22(28)29)16(13-30-21(18)25)9-8-15-7-4-10-23-12-15/h1-10,12,18,21H,11,13H2,(H,24,26)(H,28,29)/b9-8+/t18?,21-/m1/s1. The van der Waals surface area contributed by atoms with Crippen molar-refractivity contribution < 1.29 is 19.5 Å². The summed E-state index contributed by atoms with van der Waals surface area (Å²) in [5.41, 5.74) is 2.21. The molecule has 3 heterocycles. The van der Waals surface area contributed by atoms with Crippen LogP contribution < -0.4 is 5.32 Å². The second-order valence-electron chi connectivity index (χ2n) is 6.92. The summed E-state index contributed by atoms with van der Waals surface area (Å²) in [6.07, 6.45) is 6.98. The van der Waals surface area contributed by atoms with Gasteiger partial charge in [-0.3, -0.25) is 19.5 Å². The molecule has 2 N–H and O–H groups in total. The van der Waals surface area contributed by atoms with Crippen LogP contribution in [-0.2, 0) is 20.8 Å². The zero-order chi connectivity index (χ0) is 21.1. The van der Waals surface area contributed by atoms with Gasteiger partial charge in [-0.1, -0.05) is 48.6 Å². The van der Waals surface area contributed by atoms with Gasteiger partial charge in [0, 0.05) is 18.1 Å². The molecule has 0 bridgehead atoms. The predicted molar refractivity (Wildman–Crippen MR) is 113 cm³/mol. The van der Waals surface area contributed by atoms with Crippen molar-refractivity contribution >= 4 is 35.6 Å². The van der Waals surface area contributed by atoms with Crippen molar-refractivity contribution in [2.45, 2.75) is 17.8 Å². The van der Waals surface area contributed by atoms with E-state index in [1.807, 2.05) is 36.4 Å². The Bertz CT molecular complexity index is 1040. The number of thioether (sulfide) groups is 1. The average molecular weight is 421 g/mol. The number of nitrogens with zero attached hydrogens (tertiary/aromatic N) is 2. The number of allylic oxidation sites excluding steroid dienone is 1. The van der Waals surface area contributed by atoms with Crippen molar-refractivity contribution in [2.24, 2.45) is 0 Å². The first-order valence-electron chi connectivity index (χ1n) is 9.37. The first-order valence-corrected chi connectivity index (χ1v) is 10.4. The molecule has 2 atom stereocenters. The van der Waals surface area contributed by atoms with E-state index in [1.54, 1.807) is 30.6 Å². The lowest BCUT2D eigenvalue weighted by atomic mass is 10.0. The monoisotopic (exact) mass is 421 g/mol. The molecule has 2 aliphatic heterocycles. The highest BCUT2D eigenvalue weighted by atomic mass is 32.2. The SMILES string of the molecule is O=C(Cc1ccccc1)NC1C(=O)N2C(C(=O)O)=C(/C=C/c3cccnc3)CS[C@H]12. The van der Waals surface area contributed by atoms with Crippen LogP contribution in [-0.4, -0.2) is 49.9 Å². The fraction of sp³-hybridized carbons (Fsp3) is 0.182.